The van der Waals surface area contributed by atoms with Crippen molar-refractivity contribution in [1.82, 2.24) is 5.32 Å². The van der Waals surface area contributed by atoms with E-state index in [9.17, 15) is 4.79 Å². The minimum atomic E-state index is -0.0544. The maximum atomic E-state index is 11.5. The molecular weight excluding hydrogens is 298 g/mol. The molecule has 0 saturated heterocycles. The summed E-state index contributed by atoms with van der Waals surface area (Å²) < 4.78 is 0. The third-order valence-corrected chi connectivity index (χ3v) is 3.83. The molecule has 0 spiro atoms. The van der Waals surface area contributed by atoms with Gasteiger partial charge in [0.2, 0.25) is 5.91 Å². The van der Waals surface area contributed by atoms with Gasteiger partial charge in [-0.2, -0.15) is 0 Å². The summed E-state index contributed by atoms with van der Waals surface area (Å²) in [5, 5.41) is 5.35. The summed E-state index contributed by atoms with van der Waals surface area (Å²) in [4.78, 5) is 12.7. The van der Waals surface area contributed by atoms with Gasteiger partial charge in [-0.15, -0.1) is 11.3 Å². The summed E-state index contributed by atoms with van der Waals surface area (Å²) in [7, 11) is 0. The van der Waals surface area contributed by atoms with Crippen LogP contribution in [0.25, 0.3) is 0 Å². The standard InChI is InChI=1S/C13H12BrNOS/c14-9-12(16)15-13(11-7-4-8-17-11)10-5-2-1-3-6-10/h1-8,13H,9H2,(H,15,16). The zero-order chi connectivity index (χ0) is 12.1. The largest absolute Gasteiger partial charge is 0.344 e. The van der Waals surface area contributed by atoms with Crippen molar-refractivity contribution < 1.29 is 4.79 Å². The fourth-order valence-corrected chi connectivity index (χ4v) is 2.58. The highest BCUT2D eigenvalue weighted by molar-refractivity contribution is 9.09. The van der Waals surface area contributed by atoms with Crippen molar-refractivity contribution in [1.29, 1.82) is 0 Å². The third kappa shape index (κ3) is 3.17. The van der Waals surface area contributed by atoms with Gasteiger partial charge in [-0.3, -0.25) is 4.79 Å². The molecule has 0 aliphatic rings. The summed E-state index contributed by atoms with van der Waals surface area (Å²) in [6.07, 6.45) is 0. The van der Waals surface area contributed by atoms with Crippen molar-refractivity contribution in [2.24, 2.45) is 0 Å². The molecule has 0 saturated carbocycles. The van der Waals surface area contributed by atoms with Crippen molar-refractivity contribution in [3.63, 3.8) is 0 Å². The highest BCUT2D eigenvalue weighted by Crippen LogP contribution is 2.25. The monoisotopic (exact) mass is 309 g/mol. The molecule has 1 aromatic carbocycles. The van der Waals surface area contributed by atoms with Crippen LogP contribution < -0.4 is 5.32 Å². The van der Waals surface area contributed by atoms with Gasteiger partial charge in [0.15, 0.2) is 0 Å². The summed E-state index contributed by atoms with van der Waals surface area (Å²) in [5.74, 6) is -0.00717. The topological polar surface area (TPSA) is 29.1 Å². The fraction of sp³-hybridized carbons (Fsp3) is 0.154. The number of thiophene rings is 1. The number of benzene rings is 1. The van der Waals surface area contributed by atoms with Crippen LogP contribution in [0.5, 0.6) is 0 Å². The van der Waals surface area contributed by atoms with E-state index in [0.29, 0.717) is 5.33 Å². The first kappa shape index (κ1) is 12.3. The Balaban J connectivity index is 2.28. The summed E-state index contributed by atoms with van der Waals surface area (Å²) >= 11 is 4.82. The lowest BCUT2D eigenvalue weighted by atomic mass is 10.1. The van der Waals surface area contributed by atoms with Crippen molar-refractivity contribution in [2.45, 2.75) is 6.04 Å². The Labute approximate surface area is 113 Å². The van der Waals surface area contributed by atoms with E-state index in [0.717, 1.165) is 10.4 Å². The molecule has 88 valence electrons. The van der Waals surface area contributed by atoms with E-state index in [1.54, 1.807) is 11.3 Å². The molecule has 4 heteroatoms. The number of hydrogen-bond donors (Lipinski definition) is 1. The van der Waals surface area contributed by atoms with Crippen LogP contribution in [0, 0.1) is 0 Å². The second-order valence-electron chi connectivity index (χ2n) is 3.56. The molecule has 17 heavy (non-hydrogen) atoms. The minimum Gasteiger partial charge on any atom is -0.344 e. The lowest BCUT2D eigenvalue weighted by Gasteiger charge is -2.17. The summed E-state index contributed by atoms with van der Waals surface area (Å²) in [5.41, 5.74) is 1.10. The van der Waals surface area contributed by atoms with Crippen molar-refractivity contribution in [3.05, 3.63) is 58.3 Å². The molecule has 2 nitrogen and oxygen atoms in total. The molecule has 2 rings (SSSR count). The van der Waals surface area contributed by atoms with Gasteiger partial charge in [-0.1, -0.05) is 52.3 Å². The Morgan fingerprint density at radius 1 is 1.24 bits per heavy atom. The Morgan fingerprint density at radius 3 is 2.59 bits per heavy atom. The normalized spacial score (nSPS) is 12.1. The second-order valence-corrected chi connectivity index (χ2v) is 5.10. The van der Waals surface area contributed by atoms with E-state index in [1.807, 2.05) is 47.8 Å². The molecule has 0 radical (unpaired) electrons. The first-order valence-electron chi connectivity index (χ1n) is 5.25. The molecule has 0 fully saturated rings. The van der Waals surface area contributed by atoms with E-state index >= 15 is 0 Å². The number of amides is 1. The van der Waals surface area contributed by atoms with Gasteiger partial charge in [0, 0.05) is 4.88 Å². The van der Waals surface area contributed by atoms with Crippen LogP contribution in [0.2, 0.25) is 0 Å². The highest BCUT2D eigenvalue weighted by Gasteiger charge is 2.16. The molecule has 1 atom stereocenters. The molecule has 1 heterocycles. The van der Waals surface area contributed by atoms with Crippen LogP contribution in [0.15, 0.2) is 47.8 Å². The molecule has 1 aromatic heterocycles. The average molecular weight is 310 g/mol. The second kappa shape index (κ2) is 5.98. The van der Waals surface area contributed by atoms with Gasteiger partial charge in [-0.05, 0) is 17.0 Å². The third-order valence-electron chi connectivity index (χ3n) is 2.39. The number of alkyl halides is 1. The van der Waals surface area contributed by atoms with Gasteiger partial charge in [0.1, 0.15) is 0 Å². The number of halogens is 1. The van der Waals surface area contributed by atoms with E-state index in [4.69, 9.17) is 0 Å². The van der Waals surface area contributed by atoms with Crippen LogP contribution in [0.1, 0.15) is 16.5 Å². The Hall–Kier alpha value is -1.13. The van der Waals surface area contributed by atoms with Crippen molar-refractivity contribution >= 4 is 33.2 Å². The molecular formula is C13H12BrNOS. The Morgan fingerprint density at radius 2 is 2.00 bits per heavy atom. The van der Waals surface area contributed by atoms with Gasteiger partial charge < -0.3 is 5.32 Å². The van der Waals surface area contributed by atoms with Crippen LogP contribution in [-0.4, -0.2) is 11.2 Å². The zero-order valence-corrected chi connectivity index (χ0v) is 11.5. The Bertz CT molecular complexity index is 469. The first-order valence-corrected chi connectivity index (χ1v) is 7.25. The molecule has 1 unspecified atom stereocenters. The average Bonchev–Trinajstić information content (AvgIpc) is 2.90. The Kier molecular flexibility index (Phi) is 4.34. The highest BCUT2D eigenvalue weighted by atomic mass is 79.9. The van der Waals surface area contributed by atoms with E-state index in [1.165, 1.54) is 0 Å². The number of rotatable bonds is 4. The van der Waals surface area contributed by atoms with Crippen molar-refractivity contribution in [3.8, 4) is 0 Å². The van der Waals surface area contributed by atoms with Crippen molar-refractivity contribution in [2.75, 3.05) is 5.33 Å². The lowest BCUT2D eigenvalue weighted by Crippen LogP contribution is -2.29. The SMILES string of the molecule is O=C(CBr)NC(c1ccccc1)c1cccs1. The molecule has 1 amide bonds. The number of carbonyl (C=O) groups excluding carboxylic acids is 1. The van der Waals surface area contributed by atoms with Gasteiger partial charge in [-0.25, -0.2) is 0 Å². The number of hydrogen-bond acceptors (Lipinski definition) is 2. The number of nitrogens with one attached hydrogen (secondary N) is 1. The lowest BCUT2D eigenvalue weighted by molar-refractivity contribution is -0.118. The maximum Gasteiger partial charge on any atom is 0.231 e. The van der Waals surface area contributed by atoms with Gasteiger partial charge >= 0.3 is 0 Å². The maximum absolute atomic E-state index is 11.5. The van der Waals surface area contributed by atoms with Crippen LogP contribution in [-0.2, 0) is 4.79 Å². The molecule has 0 aliphatic heterocycles. The fourth-order valence-electron chi connectivity index (χ4n) is 1.62. The first-order chi connectivity index (χ1) is 8.31. The summed E-state index contributed by atoms with van der Waals surface area (Å²) in [6, 6.07) is 14.0. The predicted octanol–water partition coefficient (Wildman–Crippen LogP) is 3.35. The van der Waals surface area contributed by atoms with Crippen LogP contribution in [0.3, 0.4) is 0 Å². The molecule has 2 aromatic rings. The van der Waals surface area contributed by atoms with E-state index in [2.05, 4.69) is 21.2 Å². The minimum absolute atomic E-state index is 0.00717. The van der Waals surface area contributed by atoms with Crippen LogP contribution >= 0.6 is 27.3 Å². The zero-order valence-electron chi connectivity index (χ0n) is 9.10. The quantitative estimate of drug-likeness (QED) is 0.862. The molecule has 0 aliphatic carbocycles. The van der Waals surface area contributed by atoms with Gasteiger partial charge in [0.25, 0.3) is 0 Å². The summed E-state index contributed by atoms with van der Waals surface area (Å²) in [6.45, 7) is 0. The smallest absolute Gasteiger partial charge is 0.231 e. The predicted molar refractivity (Wildman–Crippen MR) is 74.5 cm³/mol. The molecule has 0 bridgehead atoms. The van der Waals surface area contributed by atoms with E-state index in [-0.39, 0.29) is 11.9 Å². The number of carbonyl (C=O) groups is 1. The molecule has 1 N–H and O–H groups in total. The van der Waals surface area contributed by atoms with Gasteiger partial charge in [0.05, 0.1) is 11.4 Å². The van der Waals surface area contributed by atoms with Crippen LogP contribution in [0.4, 0.5) is 0 Å². The van der Waals surface area contributed by atoms with E-state index < -0.39 is 0 Å².